The van der Waals surface area contributed by atoms with Gasteiger partial charge in [0.25, 0.3) is 0 Å². The van der Waals surface area contributed by atoms with Gasteiger partial charge in [-0.2, -0.15) is 4.98 Å². The Kier molecular flexibility index (Phi) is 3.28. The average molecular weight is 253 g/mol. The van der Waals surface area contributed by atoms with Gasteiger partial charge in [-0.25, -0.2) is 4.98 Å². The number of hydrogen-bond donors (Lipinski definition) is 2. The van der Waals surface area contributed by atoms with Crippen molar-refractivity contribution in [3.63, 3.8) is 0 Å². The molecular formula is C10H15N5O3. The van der Waals surface area contributed by atoms with E-state index >= 15 is 0 Å². The number of aliphatic hydroxyl groups is 1. The quantitative estimate of drug-likeness (QED) is 0.569. The molecule has 0 aliphatic carbocycles. The molecule has 1 saturated heterocycles. The van der Waals surface area contributed by atoms with Crippen molar-refractivity contribution >= 4 is 17.5 Å². The first-order chi connectivity index (χ1) is 8.49. The molecular weight excluding hydrogens is 238 g/mol. The van der Waals surface area contributed by atoms with Crippen LogP contribution in [0.5, 0.6) is 0 Å². The van der Waals surface area contributed by atoms with Crippen LogP contribution in [0.4, 0.5) is 17.5 Å². The highest BCUT2D eigenvalue weighted by Crippen LogP contribution is 2.29. The molecule has 1 aromatic rings. The van der Waals surface area contributed by atoms with Crippen molar-refractivity contribution in [3.8, 4) is 0 Å². The van der Waals surface area contributed by atoms with Gasteiger partial charge >= 0.3 is 5.69 Å². The second-order valence-corrected chi connectivity index (χ2v) is 4.47. The van der Waals surface area contributed by atoms with Gasteiger partial charge in [0.2, 0.25) is 11.8 Å². The third kappa shape index (κ3) is 2.33. The number of piperidine rings is 1. The lowest BCUT2D eigenvalue weighted by Gasteiger charge is -2.34. The van der Waals surface area contributed by atoms with Gasteiger partial charge in [-0.3, -0.25) is 10.1 Å². The molecule has 0 saturated carbocycles. The van der Waals surface area contributed by atoms with Crippen LogP contribution in [-0.2, 0) is 0 Å². The number of aliphatic hydroxyl groups excluding tert-OH is 1. The van der Waals surface area contributed by atoms with Gasteiger partial charge in [0.05, 0.1) is 11.0 Å². The average Bonchev–Trinajstić information content (AvgIpc) is 2.32. The van der Waals surface area contributed by atoms with Gasteiger partial charge in [-0.05, 0) is 12.3 Å². The third-order valence-electron chi connectivity index (χ3n) is 3.18. The molecule has 0 radical (unpaired) electrons. The molecule has 0 aromatic carbocycles. The molecule has 1 aliphatic rings. The molecule has 98 valence electrons. The lowest BCUT2D eigenvalue weighted by atomic mass is 9.96. The van der Waals surface area contributed by atoms with Crippen molar-refractivity contribution in [3.05, 3.63) is 16.3 Å². The highest BCUT2D eigenvalue weighted by Gasteiger charge is 2.29. The van der Waals surface area contributed by atoms with Gasteiger partial charge in [-0.15, -0.1) is 0 Å². The molecule has 0 amide bonds. The zero-order valence-corrected chi connectivity index (χ0v) is 9.98. The van der Waals surface area contributed by atoms with Crippen molar-refractivity contribution in [1.29, 1.82) is 0 Å². The number of nitro groups is 1. The number of nitrogens with two attached hydrogens (primary N) is 1. The highest BCUT2D eigenvalue weighted by molar-refractivity contribution is 5.58. The lowest BCUT2D eigenvalue weighted by molar-refractivity contribution is -0.384. The largest absolute Gasteiger partial charge is 0.391 e. The monoisotopic (exact) mass is 253 g/mol. The van der Waals surface area contributed by atoms with Crippen LogP contribution >= 0.6 is 0 Å². The number of nitrogen functional groups attached to an aromatic ring is 1. The Hall–Kier alpha value is -1.96. The van der Waals surface area contributed by atoms with Crippen molar-refractivity contribution in [1.82, 2.24) is 9.97 Å². The van der Waals surface area contributed by atoms with Crippen LogP contribution < -0.4 is 10.6 Å². The highest BCUT2D eigenvalue weighted by atomic mass is 16.6. The van der Waals surface area contributed by atoms with Crippen LogP contribution in [0.25, 0.3) is 0 Å². The van der Waals surface area contributed by atoms with E-state index in [1.54, 1.807) is 4.90 Å². The minimum Gasteiger partial charge on any atom is -0.391 e. The molecule has 2 unspecified atom stereocenters. The van der Waals surface area contributed by atoms with Crippen molar-refractivity contribution in [2.75, 3.05) is 23.7 Å². The summed E-state index contributed by atoms with van der Waals surface area (Å²) in [4.78, 5) is 19.6. The molecule has 2 atom stereocenters. The van der Waals surface area contributed by atoms with Gasteiger partial charge in [0.1, 0.15) is 6.20 Å². The first-order valence-electron chi connectivity index (χ1n) is 5.69. The topological polar surface area (TPSA) is 118 Å². The number of nitrogens with zero attached hydrogens (tertiary/aromatic N) is 4. The summed E-state index contributed by atoms with van der Waals surface area (Å²) in [6, 6.07) is 0. The Morgan fingerprint density at radius 3 is 3.00 bits per heavy atom. The van der Waals surface area contributed by atoms with E-state index in [-0.39, 0.29) is 23.4 Å². The maximum Gasteiger partial charge on any atom is 0.329 e. The number of aromatic nitrogens is 2. The van der Waals surface area contributed by atoms with Gasteiger partial charge in [-0.1, -0.05) is 6.92 Å². The van der Waals surface area contributed by atoms with E-state index < -0.39 is 11.0 Å². The Morgan fingerprint density at radius 1 is 1.67 bits per heavy atom. The smallest absolute Gasteiger partial charge is 0.329 e. The fraction of sp³-hybridized carbons (Fsp3) is 0.600. The maximum atomic E-state index is 10.9. The first kappa shape index (κ1) is 12.5. The molecule has 3 N–H and O–H groups in total. The molecule has 0 spiro atoms. The van der Waals surface area contributed by atoms with Crippen LogP contribution in [0.2, 0.25) is 0 Å². The lowest BCUT2D eigenvalue weighted by Crippen LogP contribution is -2.43. The van der Waals surface area contributed by atoms with E-state index in [4.69, 9.17) is 5.73 Å². The standard InChI is InChI=1S/C10H15N5O3/c1-6-2-3-14(5-8(6)16)9-7(15(17)18)4-12-10(11)13-9/h4,6,8,16H,2-3,5H2,1H3,(H2,11,12,13). The molecule has 2 heterocycles. The zero-order chi connectivity index (χ0) is 13.3. The van der Waals surface area contributed by atoms with Crippen LogP contribution in [0.1, 0.15) is 13.3 Å². The Balaban J connectivity index is 2.32. The summed E-state index contributed by atoms with van der Waals surface area (Å²) < 4.78 is 0. The summed E-state index contributed by atoms with van der Waals surface area (Å²) in [5, 5.41) is 20.7. The summed E-state index contributed by atoms with van der Waals surface area (Å²) in [5.74, 6) is 0.349. The minimum atomic E-state index is -0.542. The van der Waals surface area contributed by atoms with E-state index in [0.29, 0.717) is 13.1 Å². The number of anilines is 2. The van der Waals surface area contributed by atoms with E-state index in [9.17, 15) is 15.2 Å². The summed E-state index contributed by atoms with van der Waals surface area (Å²) in [6.07, 6.45) is 1.33. The molecule has 2 rings (SSSR count). The maximum absolute atomic E-state index is 10.9. The number of rotatable bonds is 2. The van der Waals surface area contributed by atoms with Gasteiger partial charge in [0, 0.05) is 13.1 Å². The predicted octanol–water partition coefficient (Wildman–Crippen LogP) is 0.174. The van der Waals surface area contributed by atoms with Crippen molar-refractivity contribution < 1.29 is 10.0 Å². The van der Waals surface area contributed by atoms with E-state index in [1.807, 2.05) is 6.92 Å². The summed E-state index contributed by atoms with van der Waals surface area (Å²) in [7, 11) is 0. The van der Waals surface area contributed by atoms with Crippen LogP contribution in [0.3, 0.4) is 0 Å². The molecule has 1 aromatic heterocycles. The fourth-order valence-electron chi connectivity index (χ4n) is 1.98. The number of β-amino-alcohol motifs (C(OH)–C–C–N with tert-alkyl or cyclic N) is 1. The van der Waals surface area contributed by atoms with Crippen molar-refractivity contribution in [2.24, 2.45) is 5.92 Å². The molecule has 18 heavy (non-hydrogen) atoms. The third-order valence-corrected chi connectivity index (χ3v) is 3.18. The number of hydrogen-bond acceptors (Lipinski definition) is 7. The Bertz CT molecular complexity index is 467. The van der Waals surface area contributed by atoms with Crippen LogP contribution in [0, 0.1) is 16.0 Å². The van der Waals surface area contributed by atoms with Crippen LogP contribution in [0.15, 0.2) is 6.20 Å². The fourth-order valence-corrected chi connectivity index (χ4v) is 1.98. The normalized spacial score (nSPS) is 24.0. The molecule has 1 fully saturated rings. The zero-order valence-electron chi connectivity index (χ0n) is 9.98. The van der Waals surface area contributed by atoms with Crippen LogP contribution in [-0.4, -0.2) is 39.2 Å². The molecule has 8 nitrogen and oxygen atoms in total. The van der Waals surface area contributed by atoms with E-state index in [1.165, 1.54) is 0 Å². The van der Waals surface area contributed by atoms with E-state index in [2.05, 4.69) is 9.97 Å². The molecule has 1 aliphatic heterocycles. The Labute approximate surface area is 104 Å². The summed E-state index contributed by atoms with van der Waals surface area (Å²) >= 11 is 0. The van der Waals surface area contributed by atoms with Crippen molar-refractivity contribution in [2.45, 2.75) is 19.4 Å². The second kappa shape index (κ2) is 4.73. The second-order valence-electron chi connectivity index (χ2n) is 4.47. The summed E-state index contributed by atoms with van der Waals surface area (Å²) in [6.45, 7) is 2.87. The van der Waals surface area contributed by atoms with Gasteiger partial charge in [0.15, 0.2) is 0 Å². The van der Waals surface area contributed by atoms with E-state index in [0.717, 1.165) is 12.6 Å². The Morgan fingerprint density at radius 2 is 2.39 bits per heavy atom. The SMILES string of the molecule is CC1CCN(c2nc(N)ncc2[N+](=O)[O-])CC1O. The minimum absolute atomic E-state index is 0.0105. The first-order valence-corrected chi connectivity index (χ1v) is 5.69. The summed E-state index contributed by atoms with van der Waals surface area (Å²) in [5.41, 5.74) is 5.27. The molecule has 0 bridgehead atoms. The molecule has 8 heteroatoms. The predicted molar refractivity (Wildman–Crippen MR) is 65.1 cm³/mol. The van der Waals surface area contributed by atoms with Gasteiger partial charge < -0.3 is 15.7 Å².